The lowest BCUT2D eigenvalue weighted by Gasteiger charge is -2.06. The first kappa shape index (κ1) is 15.0. The highest BCUT2D eigenvalue weighted by Gasteiger charge is 2.21. The monoisotopic (exact) mass is 334 g/mol. The number of hydrogen-bond acceptors (Lipinski definition) is 4. The largest absolute Gasteiger partial charge is 0.353 e. The number of hydrazine groups is 1. The molecular weight excluding hydrogens is 318 g/mol. The first-order chi connectivity index (χ1) is 10.5. The summed E-state index contributed by atoms with van der Waals surface area (Å²) in [5, 5.41) is 0.721. The molecule has 0 saturated heterocycles. The average Bonchev–Trinajstić information content (AvgIpc) is 2.83. The topological polar surface area (TPSA) is 62.1 Å². The van der Waals surface area contributed by atoms with Crippen LogP contribution in [-0.2, 0) is 17.1 Å². The molecule has 114 valence electrons. The molecule has 0 atom stereocenters. The van der Waals surface area contributed by atoms with Crippen molar-refractivity contribution < 1.29 is 13.0 Å². The molecule has 7 heteroatoms. The molecule has 1 heterocycles. The van der Waals surface area contributed by atoms with E-state index in [0.29, 0.717) is 5.56 Å². The summed E-state index contributed by atoms with van der Waals surface area (Å²) in [7, 11) is -1.72. The van der Waals surface area contributed by atoms with Crippen LogP contribution in [0.15, 0.2) is 53.4 Å². The Kier molecular flexibility index (Phi) is 3.86. The van der Waals surface area contributed by atoms with Crippen LogP contribution in [0.2, 0.25) is 0 Å². The van der Waals surface area contributed by atoms with Gasteiger partial charge in [-0.25, -0.2) is 13.0 Å². The van der Waals surface area contributed by atoms with Crippen LogP contribution in [0, 0.1) is 6.92 Å². The summed E-state index contributed by atoms with van der Waals surface area (Å²) < 4.78 is 27.8. The molecule has 3 rings (SSSR count). The molecule has 1 aromatic heterocycles. The van der Waals surface area contributed by atoms with E-state index in [4.69, 9.17) is 0 Å². The summed E-state index contributed by atoms with van der Waals surface area (Å²) in [6, 6.07) is 14.8. The standard InChI is InChI=1S/C15H15N3O2S2/c1-11-7-3-6-10-14(11)22(19,20)17-16-15-18(2)12-8-4-5-9-13(12)21-15/h3-10,17H,1-2H3/p+1. The third-order valence-corrected chi connectivity index (χ3v) is 5.96. The van der Waals surface area contributed by atoms with Gasteiger partial charge in [-0.05, 0) is 46.9 Å². The minimum atomic E-state index is -3.61. The van der Waals surface area contributed by atoms with E-state index in [1.54, 1.807) is 25.1 Å². The Morgan fingerprint density at radius 2 is 1.73 bits per heavy atom. The molecular formula is C15H16N3O2S2+. The summed E-state index contributed by atoms with van der Waals surface area (Å²) in [5.41, 5.74) is 4.56. The minimum Gasteiger partial charge on any atom is -0.218 e. The molecule has 0 radical (unpaired) electrons. The fourth-order valence-electron chi connectivity index (χ4n) is 2.24. The van der Waals surface area contributed by atoms with Gasteiger partial charge in [-0.2, -0.15) is 5.43 Å². The molecule has 0 bridgehead atoms. The maximum absolute atomic E-state index is 12.4. The molecule has 0 saturated carbocycles. The quantitative estimate of drug-likeness (QED) is 0.569. The van der Waals surface area contributed by atoms with Gasteiger partial charge in [0.2, 0.25) is 0 Å². The molecule has 0 fully saturated rings. The zero-order valence-electron chi connectivity index (χ0n) is 12.2. The van der Waals surface area contributed by atoms with Crippen molar-refractivity contribution >= 4 is 36.7 Å². The van der Waals surface area contributed by atoms with Crippen LogP contribution in [0.5, 0.6) is 0 Å². The summed E-state index contributed by atoms with van der Waals surface area (Å²) in [6.07, 6.45) is 0. The summed E-state index contributed by atoms with van der Waals surface area (Å²) in [4.78, 5) is 2.72. The molecule has 0 unspecified atom stereocenters. The highest BCUT2D eigenvalue weighted by Crippen LogP contribution is 2.23. The number of anilines is 1. The van der Waals surface area contributed by atoms with Crippen LogP contribution in [-0.4, -0.2) is 8.42 Å². The Labute approximate surface area is 133 Å². The van der Waals surface area contributed by atoms with Gasteiger partial charge in [-0.15, -0.1) is 0 Å². The van der Waals surface area contributed by atoms with Crippen molar-refractivity contribution in [2.24, 2.45) is 7.05 Å². The normalized spacial score (nSPS) is 11.7. The van der Waals surface area contributed by atoms with Crippen molar-refractivity contribution in [2.75, 3.05) is 5.43 Å². The van der Waals surface area contributed by atoms with E-state index in [2.05, 4.69) is 10.3 Å². The lowest BCUT2D eigenvalue weighted by Crippen LogP contribution is -2.37. The average molecular weight is 334 g/mol. The van der Waals surface area contributed by atoms with Crippen LogP contribution >= 0.6 is 11.3 Å². The van der Waals surface area contributed by atoms with Crippen molar-refractivity contribution in [3.63, 3.8) is 0 Å². The third kappa shape index (κ3) is 2.70. The Hall–Kier alpha value is -1.96. The fraction of sp³-hybridized carbons (Fsp3) is 0.133. The van der Waals surface area contributed by atoms with Gasteiger partial charge in [0.05, 0.1) is 16.6 Å². The van der Waals surface area contributed by atoms with Crippen molar-refractivity contribution in [3.8, 4) is 0 Å². The highest BCUT2D eigenvalue weighted by molar-refractivity contribution is 7.89. The van der Waals surface area contributed by atoms with Gasteiger partial charge in [0.1, 0.15) is 5.52 Å². The first-order valence-corrected chi connectivity index (χ1v) is 9.00. The van der Waals surface area contributed by atoms with Crippen molar-refractivity contribution in [3.05, 3.63) is 54.1 Å². The van der Waals surface area contributed by atoms with Crippen molar-refractivity contribution in [1.29, 1.82) is 0 Å². The maximum Gasteiger partial charge on any atom is 0.353 e. The molecule has 2 N–H and O–H groups in total. The molecule has 0 aliphatic rings. The van der Waals surface area contributed by atoms with Crippen LogP contribution in [0.3, 0.4) is 0 Å². The second-order valence-electron chi connectivity index (χ2n) is 4.93. The van der Waals surface area contributed by atoms with E-state index in [1.165, 1.54) is 11.3 Å². The molecule has 0 spiro atoms. The van der Waals surface area contributed by atoms with E-state index in [0.717, 1.165) is 15.3 Å². The number of hydrogen-bond donors (Lipinski definition) is 2. The number of thiazole rings is 1. The van der Waals surface area contributed by atoms with Crippen LogP contribution < -0.4 is 14.8 Å². The van der Waals surface area contributed by atoms with Gasteiger partial charge in [-0.1, -0.05) is 30.3 Å². The minimum absolute atomic E-state index is 0.270. The number of nitrogens with one attached hydrogen (secondary N) is 2. The Morgan fingerprint density at radius 1 is 1.05 bits per heavy atom. The highest BCUT2D eigenvalue weighted by atomic mass is 32.2. The molecule has 0 amide bonds. The lowest BCUT2D eigenvalue weighted by atomic mass is 10.2. The number of aryl methyl sites for hydroxylation is 2. The SMILES string of the molecule is Cc1ccccc1S(=O)(=O)NNc1sc2ccccc2[n+]1C. The Balaban J connectivity index is 1.88. The van der Waals surface area contributed by atoms with Gasteiger partial charge in [0.25, 0.3) is 10.0 Å². The van der Waals surface area contributed by atoms with Gasteiger partial charge in [0.15, 0.2) is 0 Å². The first-order valence-electron chi connectivity index (χ1n) is 6.70. The molecule has 22 heavy (non-hydrogen) atoms. The van der Waals surface area contributed by atoms with E-state index in [9.17, 15) is 8.42 Å². The predicted molar refractivity (Wildman–Crippen MR) is 88.1 cm³/mol. The van der Waals surface area contributed by atoms with Gasteiger partial charge in [0, 0.05) is 0 Å². The van der Waals surface area contributed by atoms with E-state index < -0.39 is 10.0 Å². The number of fused-ring (bicyclic) bond motifs is 1. The number of sulfonamides is 1. The zero-order chi connectivity index (χ0) is 15.7. The van der Waals surface area contributed by atoms with Crippen LogP contribution in [0.25, 0.3) is 10.2 Å². The second kappa shape index (κ2) is 5.68. The molecule has 5 nitrogen and oxygen atoms in total. The number of para-hydroxylation sites is 1. The third-order valence-electron chi connectivity index (χ3n) is 3.41. The number of rotatable bonds is 4. The van der Waals surface area contributed by atoms with Gasteiger partial charge >= 0.3 is 5.13 Å². The summed E-state index contributed by atoms with van der Waals surface area (Å²) >= 11 is 1.49. The van der Waals surface area contributed by atoms with Crippen molar-refractivity contribution in [2.45, 2.75) is 11.8 Å². The summed E-state index contributed by atoms with van der Waals surface area (Å²) in [6.45, 7) is 1.77. The van der Waals surface area contributed by atoms with Gasteiger partial charge in [-0.3, -0.25) is 0 Å². The Morgan fingerprint density at radius 3 is 2.45 bits per heavy atom. The fourth-order valence-corrected chi connectivity index (χ4v) is 4.39. The maximum atomic E-state index is 12.4. The molecule has 0 aliphatic carbocycles. The number of nitrogens with zero attached hydrogens (tertiary/aromatic N) is 1. The number of aromatic nitrogens is 1. The molecule has 0 aliphatic heterocycles. The number of benzene rings is 2. The van der Waals surface area contributed by atoms with Crippen molar-refractivity contribution in [1.82, 2.24) is 4.83 Å². The second-order valence-corrected chi connectivity index (χ2v) is 7.61. The Bertz CT molecular complexity index is 933. The van der Waals surface area contributed by atoms with E-state index >= 15 is 0 Å². The smallest absolute Gasteiger partial charge is 0.218 e. The van der Waals surface area contributed by atoms with E-state index in [-0.39, 0.29) is 4.90 Å². The predicted octanol–water partition coefficient (Wildman–Crippen LogP) is 2.34. The zero-order valence-corrected chi connectivity index (χ0v) is 13.8. The van der Waals surface area contributed by atoms with Crippen LogP contribution in [0.4, 0.5) is 5.13 Å². The van der Waals surface area contributed by atoms with E-state index in [1.807, 2.05) is 41.9 Å². The molecule has 3 aromatic rings. The molecule has 2 aromatic carbocycles. The summed E-state index contributed by atoms with van der Waals surface area (Å²) in [5.74, 6) is 0. The van der Waals surface area contributed by atoms with Gasteiger partial charge < -0.3 is 0 Å². The van der Waals surface area contributed by atoms with Crippen LogP contribution in [0.1, 0.15) is 5.56 Å². The lowest BCUT2D eigenvalue weighted by molar-refractivity contribution is -0.626.